The van der Waals surface area contributed by atoms with E-state index in [4.69, 9.17) is 32.7 Å². The maximum Gasteiger partial charge on any atom is 0.335 e. The van der Waals surface area contributed by atoms with Crippen molar-refractivity contribution in [2.75, 3.05) is 18.0 Å². The molecule has 0 unspecified atom stereocenters. The number of carboxylic acid groups (broad SMARTS) is 1. The van der Waals surface area contributed by atoms with Crippen LogP contribution in [-0.2, 0) is 0 Å². The van der Waals surface area contributed by atoms with Crippen molar-refractivity contribution in [2.45, 2.75) is 44.9 Å². The molecule has 3 heterocycles. The number of anilines is 1. The molecule has 2 fully saturated rings. The van der Waals surface area contributed by atoms with Crippen LogP contribution in [0.2, 0.25) is 10.0 Å². The number of hydrogen-bond donors (Lipinski definition) is 1. The number of carboxylic acids is 1. The van der Waals surface area contributed by atoms with Gasteiger partial charge < -0.3 is 14.5 Å². The summed E-state index contributed by atoms with van der Waals surface area (Å²) in [6.45, 7) is 3.75. The van der Waals surface area contributed by atoms with Gasteiger partial charge in [-0.15, -0.1) is 0 Å². The lowest BCUT2D eigenvalue weighted by atomic mass is 9.63. The van der Waals surface area contributed by atoms with Gasteiger partial charge in [-0.3, -0.25) is 0 Å². The average molecular weight is 567 g/mol. The average Bonchev–Trinajstić information content (AvgIpc) is 3.47. The third kappa shape index (κ3) is 3.94. The number of rotatable bonds is 5. The van der Waals surface area contributed by atoms with Gasteiger partial charge >= 0.3 is 5.97 Å². The maximum atomic E-state index is 11.5. The predicted molar refractivity (Wildman–Crippen MR) is 152 cm³/mol. The van der Waals surface area contributed by atoms with Crippen molar-refractivity contribution in [2.24, 2.45) is 5.41 Å². The Labute approximate surface area is 233 Å². The summed E-state index contributed by atoms with van der Waals surface area (Å²) in [6, 6.07) is 8.97. The molecule has 1 saturated carbocycles. The van der Waals surface area contributed by atoms with Crippen LogP contribution in [0.25, 0.3) is 27.0 Å². The first-order valence-corrected chi connectivity index (χ1v) is 14.4. The van der Waals surface area contributed by atoms with Crippen molar-refractivity contribution in [3.05, 3.63) is 68.9 Å². The van der Waals surface area contributed by atoms with E-state index in [9.17, 15) is 9.90 Å². The van der Waals surface area contributed by atoms with E-state index in [2.05, 4.69) is 16.1 Å². The van der Waals surface area contributed by atoms with Gasteiger partial charge in [-0.25, -0.2) is 9.78 Å². The molecule has 1 aliphatic heterocycles. The molecule has 4 aromatic rings. The zero-order valence-electron chi connectivity index (χ0n) is 20.8. The van der Waals surface area contributed by atoms with Gasteiger partial charge in [-0.1, -0.05) is 51.8 Å². The summed E-state index contributed by atoms with van der Waals surface area (Å²) < 4.78 is 6.82. The first-order valence-electron chi connectivity index (χ1n) is 12.9. The quantitative estimate of drug-likeness (QED) is 0.262. The number of benzene rings is 2. The number of piperidine rings is 1. The zero-order chi connectivity index (χ0) is 26.2. The molecular weight excluding hydrogens is 541 g/mol. The minimum absolute atomic E-state index is 0.161. The van der Waals surface area contributed by atoms with Gasteiger partial charge in [0.2, 0.25) is 0 Å². The van der Waals surface area contributed by atoms with Crippen molar-refractivity contribution in [3.63, 3.8) is 0 Å². The number of halogens is 2. The summed E-state index contributed by atoms with van der Waals surface area (Å²) in [5, 5.41) is 16.0. The van der Waals surface area contributed by atoms with Crippen molar-refractivity contribution >= 4 is 61.4 Å². The monoisotopic (exact) mass is 565 g/mol. The third-order valence-corrected chi connectivity index (χ3v) is 9.85. The Kier molecular flexibility index (Phi) is 5.62. The van der Waals surface area contributed by atoms with Gasteiger partial charge in [0.05, 0.1) is 25.8 Å². The van der Waals surface area contributed by atoms with Gasteiger partial charge in [0.1, 0.15) is 11.5 Å². The number of nitrogens with zero attached hydrogens (tertiary/aromatic N) is 3. The normalized spacial score (nSPS) is 18.6. The number of carbonyl (C=O) groups is 1. The fourth-order valence-electron chi connectivity index (χ4n) is 5.92. The number of thiazole rings is 1. The summed E-state index contributed by atoms with van der Waals surface area (Å²) in [5.74, 6) is 0.492. The Balaban J connectivity index is 1.14. The van der Waals surface area contributed by atoms with Crippen LogP contribution in [0, 0.1) is 12.3 Å². The summed E-state index contributed by atoms with van der Waals surface area (Å²) in [4.78, 5) is 18.7. The van der Waals surface area contributed by atoms with Crippen LogP contribution in [0.15, 0.2) is 40.9 Å². The Morgan fingerprint density at radius 1 is 1.16 bits per heavy atom. The highest BCUT2D eigenvalue weighted by atomic mass is 35.5. The molecule has 1 spiro atoms. The molecule has 7 rings (SSSR count). The maximum absolute atomic E-state index is 11.5. The number of fused-ring (bicyclic) bond motifs is 1. The van der Waals surface area contributed by atoms with Gasteiger partial charge in [0.25, 0.3) is 0 Å². The van der Waals surface area contributed by atoms with Gasteiger partial charge in [-0.2, -0.15) is 0 Å². The zero-order valence-corrected chi connectivity index (χ0v) is 23.1. The van der Waals surface area contributed by atoms with Crippen LogP contribution in [0.1, 0.15) is 65.3 Å². The first kappa shape index (κ1) is 24.2. The standard InChI is InChI=1S/C29H25Cl2N3O3S/c1-15-11-17(27(35)36)12-21-24(15)32-28(38-21)34-9-7-29(8-10-34)13-18(14-29)22-25(33-37-26(22)16-5-6-16)23-19(30)3-2-4-20(23)31/h2-4,11-13,16H,5-10,14H2,1H3,(H,35,36). The van der Waals surface area contributed by atoms with Crippen molar-refractivity contribution in [3.8, 4) is 11.3 Å². The van der Waals surface area contributed by atoms with E-state index in [0.29, 0.717) is 21.5 Å². The van der Waals surface area contributed by atoms with Crippen LogP contribution >= 0.6 is 34.5 Å². The van der Waals surface area contributed by atoms with Gasteiger partial charge in [0.15, 0.2) is 5.13 Å². The van der Waals surface area contributed by atoms with Crippen LogP contribution in [0.3, 0.4) is 0 Å². The summed E-state index contributed by atoms with van der Waals surface area (Å²) in [6.07, 6.45) is 7.74. The van der Waals surface area contributed by atoms with Crippen molar-refractivity contribution in [1.29, 1.82) is 0 Å². The Morgan fingerprint density at radius 2 is 1.87 bits per heavy atom. The summed E-state index contributed by atoms with van der Waals surface area (Å²) in [7, 11) is 0. The highest BCUT2D eigenvalue weighted by Crippen LogP contribution is 2.56. The highest BCUT2D eigenvalue weighted by Gasteiger charge is 2.44. The molecule has 38 heavy (non-hydrogen) atoms. The van der Waals surface area contributed by atoms with E-state index >= 15 is 0 Å². The molecule has 1 N–H and O–H groups in total. The van der Waals surface area contributed by atoms with E-state index in [1.165, 1.54) is 5.57 Å². The molecular formula is C29H25Cl2N3O3S. The molecule has 2 aromatic carbocycles. The third-order valence-electron chi connectivity index (χ3n) is 8.16. The topological polar surface area (TPSA) is 79.5 Å². The molecule has 0 amide bonds. The highest BCUT2D eigenvalue weighted by molar-refractivity contribution is 7.22. The molecule has 9 heteroatoms. The van der Waals surface area contributed by atoms with Crippen LogP contribution in [0.4, 0.5) is 5.13 Å². The largest absolute Gasteiger partial charge is 0.478 e. The summed E-state index contributed by atoms with van der Waals surface area (Å²) >= 11 is 14.7. The molecule has 6 nitrogen and oxygen atoms in total. The van der Waals surface area contributed by atoms with E-state index < -0.39 is 5.97 Å². The number of aryl methyl sites for hydroxylation is 1. The molecule has 0 radical (unpaired) electrons. The lowest BCUT2D eigenvalue weighted by Crippen LogP contribution is -2.42. The number of hydrogen-bond acceptors (Lipinski definition) is 6. The van der Waals surface area contributed by atoms with Crippen molar-refractivity contribution in [1.82, 2.24) is 10.1 Å². The van der Waals surface area contributed by atoms with E-state index in [1.54, 1.807) is 23.5 Å². The van der Waals surface area contributed by atoms with Crippen LogP contribution in [0.5, 0.6) is 0 Å². The van der Waals surface area contributed by atoms with Crippen LogP contribution in [-0.4, -0.2) is 34.3 Å². The van der Waals surface area contributed by atoms with E-state index in [1.807, 2.05) is 25.1 Å². The van der Waals surface area contributed by atoms with Gasteiger partial charge in [-0.05, 0) is 79.8 Å². The number of allylic oxidation sites excluding steroid dienone is 2. The molecule has 2 aromatic heterocycles. The molecule has 3 aliphatic rings. The molecule has 0 atom stereocenters. The predicted octanol–water partition coefficient (Wildman–Crippen LogP) is 8.22. The Bertz CT molecular complexity index is 1620. The number of aromatic nitrogens is 2. The fourth-order valence-corrected chi connectivity index (χ4v) is 7.63. The second-order valence-corrected chi connectivity index (χ2v) is 12.6. The smallest absolute Gasteiger partial charge is 0.335 e. The van der Waals surface area contributed by atoms with Crippen LogP contribution < -0.4 is 4.90 Å². The molecule has 194 valence electrons. The molecule has 1 saturated heterocycles. The minimum atomic E-state index is -0.907. The molecule has 0 bridgehead atoms. The SMILES string of the molecule is Cc1cc(C(=O)O)cc2sc(N3CCC4(C=C(c5c(-c6c(Cl)cccc6Cl)noc5C5CC5)C4)CC3)nc12. The van der Waals surface area contributed by atoms with E-state index in [0.717, 1.165) is 88.7 Å². The second kappa shape index (κ2) is 8.83. The Morgan fingerprint density at radius 3 is 2.53 bits per heavy atom. The van der Waals surface area contributed by atoms with E-state index in [-0.39, 0.29) is 5.41 Å². The first-order chi connectivity index (χ1) is 18.3. The second-order valence-electron chi connectivity index (χ2n) is 10.8. The Hall–Kier alpha value is -2.87. The summed E-state index contributed by atoms with van der Waals surface area (Å²) in [5.41, 5.74) is 6.14. The minimum Gasteiger partial charge on any atom is -0.478 e. The van der Waals surface area contributed by atoms with Gasteiger partial charge in [0, 0.05) is 30.1 Å². The fraction of sp³-hybridized carbons (Fsp3) is 0.345. The van der Waals surface area contributed by atoms with Crippen molar-refractivity contribution < 1.29 is 14.4 Å². The lowest BCUT2D eigenvalue weighted by Gasteiger charge is -2.46. The molecule has 2 aliphatic carbocycles. The number of aromatic carboxylic acids is 1. The lowest BCUT2D eigenvalue weighted by molar-refractivity contribution is 0.0697.